The highest BCUT2D eigenvalue weighted by Gasteiger charge is 2.22. The van der Waals surface area contributed by atoms with Crippen LogP contribution in [0.1, 0.15) is 35.9 Å². The second kappa shape index (κ2) is 5.88. The lowest BCUT2D eigenvalue weighted by atomic mass is 10.0. The Labute approximate surface area is 116 Å². The Morgan fingerprint density at radius 3 is 2.45 bits per heavy atom. The molecule has 0 fully saturated rings. The van der Waals surface area contributed by atoms with E-state index < -0.39 is 11.9 Å². The number of hydrogen-bond donors (Lipinski definition) is 2. The quantitative estimate of drug-likeness (QED) is 0.882. The van der Waals surface area contributed by atoms with Crippen LogP contribution in [0.5, 0.6) is 0 Å². The van der Waals surface area contributed by atoms with Gasteiger partial charge in [-0.1, -0.05) is 12.1 Å². The number of rotatable bonds is 5. The van der Waals surface area contributed by atoms with Crippen molar-refractivity contribution in [3.05, 3.63) is 59.3 Å². The van der Waals surface area contributed by atoms with Crippen molar-refractivity contribution in [2.24, 2.45) is 5.73 Å². The van der Waals surface area contributed by atoms with E-state index in [1.165, 1.54) is 12.1 Å². The van der Waals surface area contributed by atoms with Gasteiger partial charge in [0.2, 0.25) is 5.91 Å². The second-order valence-corrected chi connectivity index (χ2v) is 4.74. The molecule has 5 heteroatoms. The Kier molecular flexibility index (Phi) is 4.20. The SMILES string of the molecule is Cc1ccoc1[C@@H](C)N[C@H](C(N)=O)c1ccc(F)cc1. The van der Waals surface area contributed by atoms with Gasteiger partial charge in [0.25, 0.3) is 0 Å². The lowest BCUT2D eigenvalue weighted by molar-refractivity contribution is -0.120. The average molecular weight is 276 g/mol. The van der Waals surface area contributed by atoms with E-state index in [9.17, 15) is 9.18 Å². The number of furan rings is 1. The minimum Gasteiger partial charge on any atom is -0.467 e. The van der Waals surface area contributed by atoms with Crippen LogP contribution in [0.15, 0.2) is 41.0 Å². The van der Waals surface area contributed by atoms with E-state index >= 15 is 0 Å². The van der Waals surface area contributed by atoms with Gasteiger partial charge in [0, 0.05) is 0 Å². The minimum absolute atomic E-state index is 0.187. The molecule has 3 N–H and O–H groups in total. The number of amides is 1. The molecule has 2 aromatic rings. The number of benzene rings is 1. The van der Waals surface area contributed by atoms with Crippen LogP contribution in [0.2, 0.25) is 0 Å². The summed E-state index contributed by atoms with van der Waals surface area (Å²) in [6, 6.07) is 6.65. The molecule has 0 aliphatic rings. The van der Waals surface area contributed by atoms with E-state index in [-0.39, 0.29) is 11.9 Å². The first-order valence-corrected chi connectivity index (χ1v) is 6.34. The molecule has 2 atom stereocenters. The Hall–Kier alpha value is -2.14. The molecule has 20 heavy (non-hydrogen) atoms. The van der Waals surface area contributed by atoms with Crippen molar-refractivity contribution in [2.75, 3.05) is 0 Å². The van der Waals surface area contributed by atoms with Gasteiger partial charge in [0.15, 0.2) is 0 Å². The van der Waals surface area contributed by atoms with Gasteiger partial charge in [-0.25, -0.2) is 4.39 Å². The molecule has 2 rings (SSSR count). The van der Waals surface area contributed by atoms with Gasteiger partial charge < -0.3 is 10.2 Å². The van der Waals surface area contributed by atoms with E-state index in [0.717, 1.165) is 11.3 Å². The molecule has 0 spiro atoms. The summed E-state index contributed by atoms with van der Waals surface area (Å²) >= 11 is 0. The van der Waals surface area contributed by atoms with Crippen molar-refractivity contribution in [1.82, 2.24) is 5.32 Å². The molecule has 0 unspecified atom stereocenters. The molecule has 1 amide bonds. The maximum absolute atomic E-state index is 12.9. The Bertz CT molecular complexity index is 592. The smallest absolute Gasteiger partial charge is 0.239 e. The normalized spacial score (nSPS) is 13.9. The van der Waals surface area contributed by atoms with Crippen molar-refractivity contribution in [1.29, 1.82) is 0 Å². The Morgan fingerprint density at radius 1 is 1.30 bits per heavy atom. The number of nitrogens with one attached hydrogen (secondary N) is 1. The highest BCUT2D eigenvalue weighted by Crippen LogP contribution is 2.22. The van der Waals surface area contributed by atoms with Crippen LogP contribution >= 0.6 is 0 Å². The first-order chi connectivity index (χ1) is 9.49. The summed E-state index contributed by atoms with van der Waals surface area (Å²) in [5, 5.41) is 3.10. The fourth-order valence-corrected chi connectivity index (χ4v) is 2.15. The number of hydrogen-bond acceptors (Lipinski definition) is 3. The second-order valence-electron chi connectivity index (χ2n) is 4.74. The number of nitrogens with two attached hydrogens (primary N) is 1. The van der Waals surface area contributed by atoms with Gasteiger partial charge in [-0.15, -0.1) is 0 Å². The molecule has 1 heterocycles. The predicted octanol–water partition coefficient (Wildman–Crippen LogP) is 2.60. The summed E-state index contributed by atoms with van der Waals surface area (Å²) in [6.45, 7) is 3.81. The molecule has 0 saturated heterocycles. The zero-order chi connectivity index (χ0) is 14.7. The summed E-state index contributed by atoms with van der Waals surface area (Å²) < 4.78 is 18.3. The molecule has 0 aliphatic carbocycles. The minimum atomic E-state index is -0.699. The van der Waals surface area contributed by atoms with Gasteiger partial charge >= 0.3 is 0 Å². The van der Waals surface area contributed by atoms with Crippen molar-refractivity contribution >= 4 is 5.91 Å². The third-order valence-corrected chi connectivity index (χ3v) is 3.20. The fraction of sp³-hybridized carbons (Fsp3) is 0.267. The zero-order valence-electron chi connectivity index (χ0n) is 11.4. The molecule has 106 valence electrons. The predicted molar refractivity (Wildman–Crippen MR) is 73.3 cm³/mol. The van der Waals surface area contributed by atoms with Gasteiger partial charge in [-0.3, -0.25) is 10.1 Å². The zero-order valence-corrected chi connectivity index (χ0v) is 11.4. The largest absolute Gasteiger partial charge is 0.467 e. The molecule has 0 aliphatic heterocycles. The van der Waals surface area contributed by atoms with E-state index in [0.29, 0.717) is 5.56 Å². The van der Waals surface area contributed by atoms with E-state index in [1.807, 2.05) is 19.9 Å². The third kappa shape index (κ3) is 3.05. The van der Waals surface area contributed by atoms with Crippen LogP contribution < -0.4 is 11.1 Å². The maximum Gasteiger partial charge on any atom is 0.239 e. The number of carbonyl (C=O) groups is 1. The number of carbonyl (C=O) groups excluding carboxylic acids is 1. The lowest BCUT2D eigenvalue weighted by Crippen LogP contribution is -2.35. The number of primary amides is 1. The van der Waals surface area contributed by atoms with Crippen LogP contribution in [0.25, 0.3) is 0 Å². The van der Waals surface area contributed by atoms with Crippen LogP contribution in [0.4, 0.5) is 4.39 Å². The summed E-state index contributed by atoms with van der Waals surface area (Å²) in [6.07, 6.45) is 1.60. The van der Waals surface area contributed by atoms with Crippen LogP contribution in [-0.2, 0) is 4.79 Å². The van der Waals surface area contributed by atoms with E-state index in [4.69, 9.17) is 10.2 Å². The average Bonchev–Trinajstić information content (AvgIpc) is 2.83. The molecule has 0 radical (unpaired) electrons. The molecule has 0 bridgehead atoms. The van der Waals surface area contributed by atoms with E-state index in [1.54, 1.807) is 18.4 Å². The highest BCUT2D eigenvalue weighted by molar-refractivity contribution is 5.81. The Morgan fingerprint density at radius 2 is 1.95 bits per heavy atom. The molecule has 1 aromatic heterocycles. The van der Waals surface area contributed by atoms with Gasteiger partial charge in [-0.2, -0.15) is 0 Å². The number of aryl methyl sites for hydroxylation is 1. The van der Waals surface area contributed by atoms with Crippen LogP contribution in [0, 0.1) is 12.7 Å². The first kappa shape index (κ1) is 14.3. The lowest BCUT2D eigenvalue weighted by Gasteiger charge is -2.20. The van der Waals surface area contributed by atoms with Gasteiger partial charge in [0.1, 0.15) is 17.6 Å². The first-order valence-electron chi connectivity index (χ1n) is 6.34. The van der Waals surface area contributed by atoms with Crippen molar-refractivity contribution in [2.45, 2.75) is 25.9 Å². The molecule has 0 saturated carbocycles. The highest BCUT2D eigenvalue weighted by atomic mass is 19.1. The summed E-state index contributed by atoms with van der Waals surface area (Å²) in [4.78, 5) is 11.6. The molecular weight excluding hydrogens is 259 g/mol. The standard InChI is InChI=1S/C15H17FN2O2/c1-9-7-8-20-14(9)10(2)18-13(15(17)19)11-3-5-12(16)6-4-11/h3-8,10,13,18H,1-2H3,(H2,17,19)/t10-,13+/m1/s1. The van der Waals surface area contributed by atoms with Crippen LogP contribution in [-0.4, -0.2) is 5.91 Å². The van der Waals surface area contributed by atoms with Gasteiger partial charge in [0.05, 0.1) is 12.3 Å². The monoisotopic (exact) mass is 276 g/mol. The number of halogens is 1. The van der Waals surface area contributed by atoms with E-state index in [2.05, 4.69) is 5.32 Å². The van der Waals surface area contributed by atoms with Crippen molar-refractivity contribution < 1.29 is 13.6 Å². The summed E-state index contributed by atoms with van der Waals surface area (Å²) in [5.41, 5.74) is 7.03. The molecule has 4 nitrogen and oxygen atoms in total. The topological polar surface area (TPSA) is 68.3 Å². The molecule has 1 aromatic carbocycles. The van der Waals surface area contributed by atoms with Gasteiger partial charge in [-0.05, 0) is 43.2 Å². The molecular formula is C15H17FN2O2. The summed E-state index contributed by atoms with van der Waals surface area (Å²) in [7, 11) is 0. The van der Waals surface area contributed by atoms with Crippen molar-refractivity contribution in [3.8, 4) is 0 Å². The fourth-order valence-electron chi connectivity index (χ4n) is 2.15. The summed E-state index contributed by atoms with van der Waals surface area (Å²) in [5.74, 6) is -0.127. The third-order valence-electron chi connectivity index (χ3n) is 3.20. The van der Waals surface area contributed by atoms with Crippen LogP contribution in [0.3, 0.4) is 0 Å². The van der Waals surface area contributed by atoms with Crippen molar-refractivity contribution in [3.63, 3.8) is 0 Å². The maximum atomic E-state index is 12.9. The Balaban J connectivity index is 2.20.